The van der Waals surface area contributed by atoms with Crippen molar-refractivity contribution in [1.82, 2.24) is 9.21 Å². The fraction of sp³-hybridized carbons (Fsp3) is 0.273. The van der Waals surface area contributed by atoms with Gasteiger partial charge in [-0.15, -0.1) is 0 Å². The summed E-state index contributed by atoms with van der Waals surface area (Å²) in [5, 5.41) is 0.552. The van der Waals surface area contributed by atoms with Crippen LogP contribution in [0.15, 0.2) is 59.5 Å². The molecule has 0 aromatic heterocycles. The van der Waals surface area contributed by atoms with E-state index in [0.29, 0.717) is 10.6 Å². The molecule has 9 heteroatoms. The number of carbonyl (C=O) groups excluding carboxylic acids is 2. The van der Waals surface area contributed by atoms with E-state index in [1.54, 1.807) is 24.0 Å². The van der Waals surface area contributed by atoms with Crippen LogP contribution in [-0.2, 0) is 19.6 Å². The summed E-state index contributed by atoms with van der Waals surface area (Å²) >= 11 is 6.09. The Labute approximate surface area is 186 Å². The number of esters is 1. The molecule has 0 spiro atoms. The lowest BCUT2D eigenvalue weighted by molar-refractivity contribution is -0.127. The Hall–Kier alpha value is -2.68. The van der Waals surface area contributed by atoms with Gasteiger partial charge >= 0.3 is 5.97 Å². The molecule has 0 saturated carbocycles. The molecule has 31 heavy (non-hydrogen) atoms. The van der Waals surface area contributed by atoms with Gasteiger partial charge in [-0.1, -0.05) is 29.8 Å². The molecule has 3 rings (SSSR count). The third kappa shape index (κ3) is 5.52. The van der Waals surface area contributed by atoms with Gasteiger partial charge in [0.15, 0.2) is 0 Å². The first-order chi connectivity index (χ1) is 14.8. The van der Waals surface area contributed by atoms with Crippen LogP contribution in [-0.4, -0.2) is 62.3 Å². The summed E-state index contributed by atoms with van der Waals surface area (Å²) in [4.78, 5) is 25.9. The zero-order valence-corrected chi connectivity index (χ0v) is 18.6. The fourth-order valence-corrected chi connectivity index (χ4v) is 4.77. The molecule has 0 radical (unpaired) electrons. The van der Waals surface area contributed by atoms with Crippen molar-refractivity contribution in [3.8, 4) is 0 Å². The van der Waals surface area contributed by atoms with Crippen LogP contribution in [0.3, 0.4) is 0 Å². The quantitative estimate of drug-likeness (QED) is 0.486. The van der Waals surface area contributed by atoms with Crippen molar-refractivity contribution in [1.29, 1.82) is 0 Å². The number of halogens is 1. The predicted molar refractivity (Wildman–Crippen MR) is 118 cm³/mol. The van der Waals surface area contributed by atoms with Crippen LogP contribution in [0.5, 0.6) is 0 Å². The molecule has 7 nitrogen and oxygen atoms in total. The van der Waals surface area contributed by atoms with Crippen LogP contribution in [0.2, 0.25) is 5.02 Å². The Bertz CT molecular complexity index is 1080. The third-order valence-electron chi connectivity index (χ3n) is 4.86. The molecule has 1 aliphatic heterocycles. The van der Waals surface area contributed by atoms with E-state index in [9.17, 15) is 18.0 Å². The molecule has 164 valence electrons. The number of rotatable bonds is 6. The fourth-order valence-electron chi connectivity index (χ4n) is 3.15. The summed E-state index contributed by atoms with van der Waals surface area (Å²) in [6, 6.07) is 12.9. The second kappa shape index (κ2) is 10.1. The molecular weight excluding hydrogens is 440 g/mol. The summed E-state index contributed by atoms with van der Waals surface area (Å²) in [5.74, 6) is -0.695. The van der Waals surface area contributed by atoms with E-state index in [1.165, 1.54) is 34.6 Å². The number of amides is 1. The smallest absolute Gasteiger partial charge is 0.338 e. The lowest BCUT2D eigenvalue weighted by Crippen LogP contribution is -2.50. The molecular formula is C22H23ClN2O5S. The van der Waals surface area contributed by atoms with Crippen LogP contribution in [0.4, 0.5) is 0 Å². The van der Waals surface area contributed by atoms with Gasteiger partial charge in [-0.25, -0.2) is 13.2 Å². The average molecular weight is 463 g/mol. The summed E-state index contributed by atoms with van der Waals surface area (Å²) in [7, 11) is -3.72. The van der Waals surface area contributed by atoms with Gasteiger partial charge in [0.1, 0.15) is 0 Å². The van der Waals surface area contributed by atoms with Gasteiger partial charge in [-0.3, -0.25) is 4.79 Å². The van der Waals surface area contributed by atoms with E-state index in [-0.39, 0.29) is 43.6 Å². The zero-order chi connectivity index (χ0) is 22.4. The van der Waals surface area contributed by atoms with Crippen LogP contribution < -0.4 is 0 Å². The number of benzene rings is 2. The van der Waals surface area contributed by atoms with E-state index < -0.39 is 16.0 Å². The Balaban J connectivity index is 1.61. The molecule has 1 aliphatic rings. The maximum atomic E-state index is 12.9. The van der Waals surface area contributed by atoms with Crippen LogP contribution >= 0.6 is 11.6 Å². The van der Waals surface area contributed by atoms with Crippen LogP contribution in [0.1, 0.15) is 22.8 Å². The van der Waals surface area contributed by atoms with Gasteiger partial charge in [0.25, 0.3) is 0 Å². The minimum atomic E-state index is -3.72. The van der Waals surface area contributed by atoms with E-state index in [4.69, 9.17) is 16.3 Å². The second-order valence-corrected chi connectivity index (χ2v) is 9.17. The number of piperazine rings is 1. The highest BCUT2D eigenvalue weighted by molar-refractivity contribution is 7.89. The van der Waals surface area contributed by atoms with Crippen molar-refractivity contribution in [3.63, 3.8) is 0 Å². The zero-order valence-electron chi connectivity index (χ0n) is 17.0. The van der Waals surface area contributed by atoms with Crippen molar-refractivity contribution in [2.24, 2.45) is 0 Å². The Morgan fingerprint density at radius 3 is 2.29 bits per heavy atom. The first kappa shape index (κ1) is 23.0. The highest BCUT2D eigenvalue weighted by Crippen LogP contribution is 2.20. The maximum absolute atomic E-state index is 12.9. The largest absolute Gasteiger partial charge is 0.462 e. The van der Waals surface area contributed by atoms with Crippen LogP contribution in [0.25, 0.3) is 6.08 Å². The first-order valence-electron chi connectivity index (χ1n) is 9.82. The number of hydrogen-bond acceptors (Lipinski definition) is 5. The Kier molecular flexibility index (Phi) is 7.48. The van der Waals surface area contributed by atoms with E-state index >= 15 is 0 Å². The number of carbonyl (C=O) groups is 2. The second-order valence-electron chi connectivity index (χ2n) is 6.83. The summed E-state index contributed by atoms with van der Waals surface area (Å²) < 4.78 is 32.0. The lowest BCUT2D eigenvalue weighted by Gasteiger charge is -2.33. The van der Waals surface area contributed by atoms with Crippen LogP contribution in [0, 0.1) is 0 Å². The minimum absolute atomic E-state index is 0.0962. The number of ether oxygens (including phenoxy) is 1. The number of hydrogen-bond donors (Lipinski definition) is 0. The van der Waals surface area contributed by atoms with E-state index in [2.05, 4.69) is 0 Å². The van der Waals surface area contributed by atoms with Crippen molar-refractivity contribution in [2.75, 3.05) is 32.8 Å². The van der Waals surface area contributed by atoms with Gasteiger partial charge in [0.2, 0.25) is 15.9 Å². The molecule has 0 N–H and O–H groups in total. The van der Waals surface area contributed by atoms with Gasteiger partial charge in [0.05, 0.1) is 17.1 Å². The summed E-state index contributed by atoms with van der Waals surface area (Å²) in [6.45, 7) is 2.89. The molecule has 1 fully saturated rings. The normalized spacial score (nSPS) is 15.2. The Morgan fingerprint density at radius 2 is 1.68 bits per heavy atom. The average Bonchev–Trinajstić information content (AvgIpc) is 2.78. The molecule has 2 aromatic carbocycles. The first-order valence-corrected chi connectivity index (χ1v) is 11.6. The molecule has 2 aromatic rings. The van der Waals surface area contributed by atoms with E-state index in [0.717, 1.165) is 5.56 Å². The van der Waals surface area contributed by atoms with Crippen molar-refractivity contribution < 1.29 is 22.7 Å². The monoisotopic (exact) mass is 462 g/mol. The molecule has 0 atom stereocenters. The molecule has 1 saturated heterocycles. The number of sulfonamides is 1. The highest BCUT2D eigenvalue weighted by atomic mass is 35.5. The molecule has 0 bridgehead atoms. The minimum Gasteiger partial charge on any atom is -0.462 e. The SMILES string of the molecule is CCOC(=O)c1ccc(S(=O)(=O)N2CCN(C(=O)/C=C/c3ccccc3Cl)CC2)cc1. The topological polar surface area (TPSA) is 84.0 Å². The van der Waals surface area contributed by atoms with Gasteiger partial charge in [0, 0.05) is 37.3 Å². The van der Waals surface area contributed by atoms with Crippen molar-refractivity contribution in [3.05, 3.63) is 70.8 Å². The molecule has 1 amide bonds. The summed E-state index contributed by atoms with van der Waals surface area (Å²) in [5.41, 5.74) is 1.03. The lowest BCUT2D eigenvalue weighted by atomic mass is 10.2. The summed E-state index contributed by atoms with van der Waals surface area (Å²) in [6.07, 6.45) is 3.10. The van der Waals surface area contributed by atoms with Crippen molar-refractivity contribution in [2.45, 2.75) is 11.8 Å². The standard InChI is InChI=1S/C22H23ClN2O5S/c1-2-30-22(27)18-7-10-19(11-8-18)31(28,29)25-15-13-24(14-16-25)21(26)12-9-17-5-3-4-6-20(17)23/h3-12H,2,13-16H2,1H3/b12-9+. The van der Waals surface area contributed by atoms with Gasteiger partial charge < -0.3 is 9.64 Å². The predicted octanol–water partition coefficient (Wildman–Crippen LogP) is 3.06. The molecule has 0 unspecified atom stereocenters. The number of nitrogens with zero attached hydrogens (tertiary/aromatic N) is 2. The molecule has 1 heterocycles. The van der Waals surface area contributed by atoms with Gasteiger partial charge in [-0.2, -0.15) is 4.31 Å². The maximum Gasteiger partial charge on any atom is 0.338 e. The van der Waals surface area contributed by atoms with Crippen molar-refractivity contribution >= 4 is 39.6 Å². The highest BCUT2D eigenvalue weighted by Gasteiger charge is 2.29. The van der Waals surface area contributed by atoms with Gasteiger partial charge in [-0.05, 0) is 48.9 Å². The Morgan fingerprint density at radius 1 is 1.03 bits per heavy atom. The van der Waals surface area contributed by atoms with E-state index in [1.807, 2.05) is 18.2 Å². The third-order valence-corrected chi connectivity index (χ3v) is 7.12. The molecule has 0 aliphatic carbocycles.